The van der Waals surface area contributed by atoms with E-state index in [1.165, 1.54) is 0 Å². The summed E-state index contributed by atoms with van der Waals surface area (Å²) < 4.78 is 0. The first kappa shape index (κ1) is 11.1. The third-order valence-corrected chi connectivity index (χ3v) is 1.92. The average Bonchev–Trinajstić information content (AvgIpc) is 2.27. The fourth-order valence-corrected chi connectivity index (χ4v) is 1.12. The van der Waals surface area contributed by atoms with Crippen LogP contribution in [-0.4, -0.2) is 12.0 Å². The van der Waals surface area contributed by atoms with Crippen LogP contribution in [0, 0.1) is 12.3 Å². The summed E-state index contributed by atoms with van der Waals surface area (Å²) >= 11 is 0. The molecular weight excluding hydrogens is 186 g/mol. The SMILES string of the molecule is C#CC(CC)N=C(N)Nc1ccccc1. The highest BCUT2D eigenvalue weighted by Crippen LogP contribution is 2.04. The monoisotopic (exact) mass is 201 g/mol. The minimum atomic E-state index is -0.152. The molecule has 1 aromatic carbocycles. The molecule has 0 aromatic heterocycles. The summed E-state index contributed by atoms with van der Waals surface area (Å²) in [5.74, 6) is 2.91. The summed E-state index contributed by atoms with van der Waals surface area (Å²) in [7, 11) is 0. The minimum absolute atomic E-state index is 0.152. The first-order valence-electron chi connectivity index (χ1n) is 4.87. The number of hydrogen-bond acceptors (Lipinski definition) is 1. The first-order chi connectivity index (χ1) is 7.26. The number of para-hydroxylation sites is 1. The lowest BCUT2D eigenvalue weighted by atomic mass is 10.2. The molecular formula is C12H15N3. The summed E-state index contributed by atoms with van der Waals surface area (Å²) in [5.41, 5.74) is 6.61. The second-order valence-electron chi connectivity index (χ2n) is 3.10. The number of nitrogens with zero attached hydrogens (tertiary/aromatic N) is 1. The van der Waals surface area contributed by atoms with Gasteiger partial charge in [-0.3, -0.25) is 0 Å². The van der Waals surface area contributed by atoms with Crippen molar-refractivity contribution >= 4 is 11.6 Å². The van der Waals surface area contributed by atoms with Gasteiger partial charge in [0.05, 0.1) is 0 Å². The van der Waals surface area contributed by atoms with Crippen LogP contribution in [0.3, 0.4) is 0 Å². The van der Waals surface area contributed by atoms with Gasteiger partial charge in [0.2, 0.25) is 0 Å². The molecule has 78 valence electrons. The number of nitrogens with two attached hydrogens (primary N) is 1. The van der Waals surface area contributed by atoms with Crippen LogP contribution in [0.1, 0.15) is 13.3 Å². The molecule has 0 fully saturated rings. The van der Waals surface area contributed by atoms with Crippen molar-refractivity contribution in [3.63, 3.8) is 0 Å². The number of guanidine groups is 1. The Balaban J connectivity index is 2.63. The number of anilines is 1. The fraction of sp³-hybridized carbons (Fsp3) is 0.250. The molecule has 3 heteroatoms. The highest BCUT2D eigenvalue weighted by molar-refractivity contribution is 5.92. The molecule has 1 rings (SSSR count). The predicted molar refractivity (Wildman–Crippen MR) is 64.6 cm³/mol. The summed E-state index contributed by atoms with van der Waals surface area (Å²) in [6.07, 6.45) is 6.07. The highest BCUT2D eigenvalue weighted by atomic mass is 15.1. The van der Waals surface area contributed by atoms with Crippen LogP contribution in [-0.2, 0) is 0 Å². The van der Waals surface area contributed by atoms with Crippen LogP contribution in [0.4, 0.5) is 5.69 Å². The number of nitrogens with one attached hydrogen (secondary N) is 1. The second-order valence-corrected chi connectivity index (χ2v) is 3.10. The number of terminal acetylenes is 1. The molecule has 3 N–H and O–H groups in total. The van der Waals surface area contributed by atoms with Crippen molar-refractivity contribution in [2.75, 3.05) is 5.32 Å². The molecule has 15 heavy (non-hydrogen) atoms. The normalized spacial score (nSPS) is 12.9. The molecule has 0 amide bonds. The van der Waals surface area contributed by atoms with Gasteiger partial charge in [0, 0.05) is 5.69 Å². The van der Waals surface area contributed by atoms with E-state index in [2.05, 4.69) is 16.2 Å². The maximum absolute atomic E-state index is 5.70. The molecule has 0 saturated heterocycles. The summed E-state index contributed by atoms with van der Waals surface area (Å²) in [5, 5.41) is 2.97. The van der Waals surface area contributed by atoms with Crippen molar-refractivity contribution in [1.29, 1.82) is 0 Å². The lowest BCUT2D eigenvalue weighted by molar-refractivity contribution is 0.806. The van der Waals surface area contributed by atoms with Gasteiger partial charge in [0.1, 0.15) is 6.04 Å². The zero-order valence-corrected chi connectivity index (χ0v) is 8.77. The van der Waals surface area contributed by atoms with Gasteiger partial charge in [-0.2, -0.15) is 0 Å². The van der Waals surface area contributed by atoms with Crippen LogP contribution in [0.5, 0.6) is 0 Å². The summed E-state index contributed by atoms with van der Waals surface area (Å²) in [4.78, 5) is 4.16. The van der Waals surface area contributed by atoms with Crippen molar-refractivity contribution in [3.8, 4) is 12.3 Å². The Morgan fingerprint density at radius 1 is 1.53 bits per heavy atom. The minimum Gasteiger partial charge on any atom is -0.370 e. The Morgan fingerprint density at radius 2 is 2.20 bits per heavy atom. The largest absolute Gasteiger partial charge is 0.370 e. The van der Waals surface area contributed by atoms with Gasteiger partial charge >= 0.3 is 0 Å². The van der Waals surface area contributed by atoms with Crippen LogP contribution >= 0.6 is 0 Å². The van der Waals surface area contributed by atoms with E-state index in [4.69, 9.17) is 12.2 Å². The first-order valence-corrected chi connectivity index (χ1v) is 4.87. The van der Waals surface area contributed by atoms with Crippen LogP contribution < -0.4 is 11.1 Å². The Hall–Kier alpha value is -1.95. The molecule has 1 atom stereocenters. The van der Waals surface area contributed by atoms with Crippen molar-refractivity contribution in [2.24, 2.45) is 10.7 Å². The number of aliphatic imine (C=N–C) groups is 1. The van der Waals surface area contributed by atoms with Crippen LogP contribution in [0.2, 0.25) is 0 Å². The molecule has 1 unspecified atom stereocenters. The molecule has 0 radical (unpaired) electrons. The zero-order chi connectivity index (χ0) is 11.1. The Bertz CT molecular complexity index is 362. The van der Waals surface area contributed by atoms with Crippen molar-refractivity contribution in [2.45, 2.75) is 19.4 Å². The van der Waals surface area contributed by atoms with Crippen molar-refractivity contribution in [3.05, 3.63) is 30.3 Å². The van der Waals surface area contributed by atoms with E-state index in [0.717, 1.165) is 12.1 Å². The van der Waals surface area contributed by atoms with Crippen molar-refractivity contribution < 1.29 is 0 Å². The number of benzene rings is 1. The number of hydrogen-bond donors (Lipinski definition) is 2. The fourth-order valence-electron chi connectivity index (χ4n) is 1.12. The smallest absolute Gasteiger partial charge is 0.194 e. The second kappa shape index (κ2) is 5.71. The zero-order valence-electron chi connectivity index (χ0n) is 8.77. The van der Waals surface area contributed by atoms with Gasteiger partial charge < -0.3 is 11.1 Å². The van der Waals surface area contributed by atoms with E-state index < -0.39 is 0 Å². The topological polar surface area (TPSA) is 50.4 Å². The number of rotatable bonds is 3. The van der Waals surface area contributed by atoms with Crippen molar-refractivity contribution in [1.82, 2.24) is 0 Å². The van der Waals surface area contributed by atoms with E-state index in [-0.39, 0.29) is 6.04 Å². The van der Waals surface area contributed by atoms with Gasteiger partial charge in [-0.1, -0.05) is 31.0 Å². The predicted octanol–water partition coefficient (Wildman–Crippen LogP) is 1.83. The molecule has 1 aromatic rings. The van der Waals surface area contributed by atoms with Crippen LogP contribution in [0.15, 0.2) is 35.3 Å². The van der Waals surface area contributed by atoms with Crippen LogP contribution in [0.25, 0.3) is 0 Å². The van der Waals surface area contributed by atoms with E-state index >= 15 is 0 Å². The van der Waals surface area contributed by atoms with Gasteiger partial charge in [0.25, 0.3) is 0 Å². The van der Waals surface area contributed by atoms with Gasteiger partial charge in [-0.05, 0) is 18.6 Å². The van der Waals surface area contributed by atoms with Gasteiger partial charge in [-0.25, -0.2) is 4.99 Å². The molecule has 0 heterocycles. The summed E-state index contributed by atoms with van der Waals surface area (Å²) in [6.45, 7) is 1.98. The molecule has 0 aliphatic carbocycles. The maximum atomic E-state index is 5.70. The Kier molecular flexibility index (Phi) is 4.24. The summed E-state index contributed by atoms with van der Waals surface area (Å²) in [6, 6.07) is 9.47. The molecule has 0 bridgehead atoms. The average molecular weight is 201 g/mol. The van der Waals surface area contributed by atoms with Gasteiger partial charge in [0.15, 0.2) is 5.96 Å². The Labute approximate surface area is 90.4 Å². The standard InChI is InChI=1S/C12H15N3/c1-3-10(4-2)14-12(13)15-11-8-6-5-7-9-11/h1,5-10H,4H2,2H3,(H3,13,14,15). The lowest BCUT2D eigenvalue weighted by Crippen LogP contribution is -2.24. The molecule has 0 saturated carbocycles. The Morgan fingerprint density at radius 3 is 2.73 bits per heavy atom. The van der Waals surface area contributed by atoms with E-state index in [1.54, 1.807) is 0 Å². The third-order valence-electron chi connectivity index (χ3n) is 1.92. The van der Waals surface area contributed by atoms with Gasteiger partial charge in [-0.15, -0.1) is 6.42 Å². The molecule has 3 nitrogen and oxygen atoms in total. The molecule has 0 aliphatic heterocycles. The lowest BCUT2D eigenvalue weighted by Gasteiger charge is -2.07. The van der Waals surface area contributed by atoms with E-state index in [1.807, 2.05) is 37.3 Å². The molecule has 0 aliphatic rings. The third kappa shape index (κ3) is 3.74. The van der Waals surface area contributed by atoms with E-state index in [0.29, 0.717) is 5.96 Å². The molecule has 0 spiro atoms. The quantitative estimate of drug-likeness (QED) is 0.445. The van der Waals surface area contributed by atoms with E-state index in [9.17, 15) is 0 Å². The maximum Gasteiger partial charge on any atom is 0.194 e. The highest BCUT2D eigenvalue weighted by Gasteiger charge is 1.99.